The number of amides is 1. The molecule has 0 saturated carbocycles. The monoisotopic (exact) mass is 452 g/mol. The Hall–Kier alpha value is -2.58. The van der Waals surface area contributed by atoms with Crippen molar-refractivity contribution in [1.82, 2.24) is 4.98 Å². The molecule has 0 radical (unpaired) electrons. The number of ether oxygens (including phenoxy) is 1. The zero-order valence-corrected chi connectivity index (χ0v) is 17.1. The average Bonchev–Trinajstić information content (AvgIpc) is 3.15. The molecule has 1 N–H and O–H groups in total. The molecule has 1 aliphatic rings. The van der Waals surface area contributed by atoms with Crippen molar-refractivity contribution in [1.29, 1.82) is 0 Å². The molecule has 2 heterocycles. The lowest BCUT2D eigenvalue weighted by atomic mass is 9.96. The van der Waals surface area contributed by atoms with E-state index in [1.807, 2.05) is 24.3 Å². The van der Waals surface area contributed by atoms with Crippen LogP contribution in [-0.2, 0) is 23.8 Å². The Morgan fingerprint density at radius 3 is 2.87 bits per heavy atom. The summed E-state index contributed by atoms with van der Waals surface area (Å²) in [6, 6.07) is 10.8. The summed E-state index contributed by atoms with van der Waals surface area (Å²) in [5.74, 6) is 0.240. The molecule has 1 amide bonds. The first-order valence-electron chi connectivity index (χ1n) is 9.11. The molecule has 4 rings (SSSR count). The van der Waals surface area contributed by atoms with Gasteiger partial charge in [-0.1, -0.05) is 29.8 Å². The van der Waals surface area contributed by atoms with Gasteiger partial charge in [-0.15, -0.1) is 11.3 Å². The number of aromatic nitrogens is 1. The summed E-state index contributed by atoms with van der Waals surface area (Å²) >= 11 is 7.27. The van der Waals surface area contributed by atoms with E-state index < -0.39 is 11.7 Å². The largest absolute Gasteiger partial charge is 0.492 e. The van der Waals surface area contributed by atoms with Crippen LogP contribution in [0.2, 0.25) is 5.02 Å². The Kier molecular flexibility index (Phi) is 5.71. The highest BCUT2D eigenvalue weighted by Crippen LogP contribution is 2.33. The maximum atomic E-state index is 12.9. The van der Waals surface area contributed by atoms with E-state index >= 15 is 0 Å². The third-order valence-corrected chi connectivity index (χ3v) is 6.05. The zero-order chi connectivity index (χ0) is 21.3. The van der Waals surface area contributed by atoms with Gasteiger partial charge in [0.2, 0.25) is 5.91 Å². The highest BCUT2D eigenvalue weighted by molar-refractivity contribution is 7.15. The average molecular weight is 453 g/mol. The van der Waals surface area contributed by atoms with Gasteiger partial charge < -0.3 is 10.1 Å². The third-order valence-electron chi connectivity index (χ3n) is 4.77. The number of nitrogens with zero attached hydrogens (tertiary/aromatic N) is 1. The van der Waals surface area contributed by atoms with Crippen LogP contribution in [0.5, 0.6) is 5.75 Å². The number of thiazole rings is 1. The first-order chi connectivity index (χ1) is 14.3. The van der Waals surface area contributed by atoms with E-state index in [0.29, 0.717) is 22.0 Å². The Morgan fingerprint density at radius 2 is 2.07 bits per heavy atom. The van der Waals surface area contributed by atoms with Crippen molar-refractivity contribution >= 4 is 34.0 Å². The lowest BCUT2D eigenvalue weighted by Gasteiger charge is -2.24. The number of hydrogen-bond donors (Lipinski definition) is 1. The fraction of sp³-hybridized carbons (Fsp3) is 0.238. The molecule has 0 spiro atoms. The fourth-order valence-electron chi connectivity index (χ4n) is 3.23. The Morgan fingerprint density at radius 1 is 1.27 bits per heavy atom. The van der Waals surface area contributed by atoms with Crippen molar-refractivity contribution in [2.45, 2.75) is 19.0 Å². The number of rotatable bonds is 4. The number of alkyl halides is 3. The summed E-state index contributed by atoms with van der Waals surface area (Å²) < 4.78 is 44.5. The van der Waals surface area contributed by atoms with E-state index in [-0.39, 0.29) is 29.9 Å². The van der Waals surface area contributed by atoms with Crippen molar-refractivity contribution in [3.05, 3.63) is 75.3 Å². The summed E-state index contributed by atoms with van der Waals surface area (Å²) in [6.45, 7) is 0.279. The molecule has 0 fully saturated rings. The van der Waals surface area contributed by atoms with Crippen LogP contribution in [0, 0.1) is 5.92 Å². The predicted molar refractivity (Wildman–Crippen MR) is 109 cm³/mol. The van der Waals surface area contributed by atoms with Gasteiger partial charge in [0.15, 0.2) is 5.13 Å². The van der Waals surface area contributed by atoms with Gasteiger partial charge in [-0.25, -0.2) is 4.98 Å². The Balaban J connectivity index is 1.42. The highest BCUT2D eigenvalue weighted by Gasteiger charge is 2.31. The topological polar surface area (TPSA) is 51.2 Å². The molecule has 1 aromatic heterocycles. The highest BCUT2D eigenvalue weighted by atomic mass is 35.5. The van der Waals surface area contributed by atoms with E-state index in [0.717, 1.165) is 23.4 Å². The quantitative estimate of drug-likeness (QED) is 0.561. The molecule has 0 saturated heterocycles. The molecule has 30 heavy (non-hydrogen) atoms. The minimum absolute atomic E-state index is 0.191. The minimum atomic E-state index is -4.44. The van der Waals surface area contributed by atoms with Gasteiger partial charge in [-0.2, -0.15) is 13.2 Å². The summed E-state index contributed by atoms with van der Waals surface area (Å²) in [6.07, 6.45) is -2.15. The second-order valence-corrected chi connectivity index (χ2v) is 8.44. The van der Waals surface area contributed by atoms with Gasteiger partial charge in [0.05, 0.1) is 11.5 Å². The van der Waals surface area contributed by atoms with Crippen LogP contribution in [0.3, 0.4) is 0 Å². The molecule has 4 nitrogen and oxygen atoms in total. The van der Waals surface area contributed by atoms with Gasteiger partial charge in [0, 0.05) is 22.5 Å². The van der Waals surface area contributed by atoms with E-state index in [4.69, 9.17) is 16.3 Å². The van der Waals surface area contributed by atoms with E-state index in [1.54, 1.807) is 0 Å². The molecule has 0 unspecified atom stereocenters. The molecule has 156 valence electrons. The molecule has 9 heteroatoms. The van der Waals surface area contributed by atoms with Crippen LogP contribution in [0.25, 0.3) is 0 Å². The van der Waals surface area contributed by atoms with Crippen LogP contribution >= 0.6 is 22.9 Å². The van der Waals surface area contributed by atoms with Crippen molar-refractivity contribution < 1.29 is 22.7 Å². The van der Waals surface area contributed by atoms with Gasteiger partial charge in [0.25, 0.3) is 0 Å². The number of anilines is 1. The van der Waals surface area contributed by atoms with E-state index in [1.165, 1.54) is 23.6 Å². The van der Waals surface area contributed by atoms with Crippen LogP contribution < -0.4 is 10.1 Å². The molecule has 1 atom stereocenters. The number of nitrogens with one attached hydrogen (secondary N) is 1. The predicted octanol–water partition coefficient (Wildman–Crippen LogP) is 5.60. The summed E-state index contributed by atoms with van der Waals surface area (Å²) in [7, 11) is 0. The minimum Gasteiger partial charge on any atom is -0.492 e. The van der Waals surface area contributed by atoms with E-state index in [9.17, 15) is 18.0 Å². The van der Waals surface area contributed by atoms with Crippen LogP contribution in [-0.4, -0.2) is 17.5 Å². The molecule has 3 aromatic rings. The van der Waals surface area contributed by atoms with Gasteiger partial charge in [0.1, 0.15) is 12.4 Å². The SMILES string of the molecule is O=C(Nc1ncc(Cc2cc(C(F)(F)F)ccc2Cl)s1)[C@H]1COc2ccccc2C1. The van der Waals surface area contributed by atoms with Crippen molar-refractivity contribution in [3.63, 3.8) is 0 Å². The number of halogens is 4. The Bertz CT molecular complexity index is 1080. The van der Waals surface area contributed by atoms with Crippen molar-refractivity contribution in [3.8, 4) is 5.75 Å². The van der Waals surface area contributed by atoms with Gasteiger partial charge in [-0.05, 0) is 41.8 Å². The number of benzene rings is 2. The number of carbonyl (C=O) groups excluding carboxylic acids is 1. The molecule has 0 bridgehead atoms. The molecular formula is C21H16ClF3N2O2S. The zero-order valence-electron chi connectivity index (χ0n) is 15.5. The van der Waals surface area contributed by atoms with Crippen LogP contribution in [0.15, 0.2) is 48.7 Å². The Labute approximate surface area is 179 Å². The van der Waals surface area contributed by atoms with Gasteiger partial charge in [-0.3, -0.25) is 4.79 Å². The molecule has 1 aliphatic heterocycles. The van der Waals surface area contributed by atoms with Crippen molar-refractivity contribution in [2.75, 3.05) is 11.9 Å². The maximum absolute atomic E-state index is 12.9. The molecular weight excluding hydrogens is 437 g/mol. The molecule has 0 aliphatic carbocycles. The lowest BCUT2D eigenvalue weighted by molar-refractivity contribution is -0.137. The van der Waals surface area contributed by atoms with E-state index in [2.05, 4.69) is 10.3 Å². The smallest absolute Gasteiger partial charge is 0.416 e. The normalized spacial score (nSPS) is 15.9. The second-order valence-electron chi connectivity index (χ2n) is 6.92. The molecule has 2 aromatic carbocycles. The third kappa shape index (κ3) is 4.60. The van der Waals surface area contributed by atoms with Crippen LogP contribution in [0.4, 0.5) is 18.3 Å². The second kappa shape index (κ2) is 8.28. The maximum Gasteiger partial charge on any atom is 0.416 e. The summed E-state index contributed by atoms with van der Waals surface area (Å²) in [5.41, 5.74) is 0.575. The standard InChI is InChI=1S/C21H16ClF3N2O2S/c22-17-6-5-15(21(23,24)25)8-13(17)9-16-10-26-20(30-16)27-19(28)14-7-12-3-1-2-4-18(12)29-11-14/h1-6,8,10,14H,7,9,11H2,(H,26,27,28)/t14-/m1/s1. The number of para-hydroxylation sites is 1. The first-order valence-corrected chi connectivity index (χ1v) is 10.3. The van der Waals surface area contributed by atoms with Crippen molar-refractivity contribution in [2.24, 2.45) is 5.92 Å². The number of fused-ring (bicyclic) bond motifs is 1. The fourth-order valence-corrected chi connectivity index (χ4v) is 4.25. The first kappa shape index (κ1) is 20.7. The lowest BCUT2D eigenvalue weighted by Crippen LogP contribution is -2.32. The summed E-state index contributed by atoms with van der Waals surface area (Å²) in [4.78, 5) is 17.4. The van der Waals surface area contributed by atoms with Gasteiger partial charge >= 0.3 is 6.18 Å². The number of carbonyl (C=O) groups is 1. The van der Waals surface area contributed by atoms with Crippen LogP contribution in [0.1, 0.15) is 21.6 Å². The summed E-state index contributed by atoms with van der Waals surface area (Å²) in [5, 5.41) is 3.41. The number of hydrogen-bond acceptors (Lipinski definition) is 4.